The van der Waals surface area contributed by atoms with Gasteiger partial charge in [-0.3, -0.25) is 4.79 Å². The first-order valence-electron chi connectivity index (χ1n) is 7.67. The first-order valence-corrected chi connectivity index (χ1v) is 8.42. The maximum Gasteiger partial charge on any atom is 0.315 e. The standard InChI is InChI=1S/C16H20Cl2N2O3/c17-12-4-1-10(14(18)9-12)7-8-19-16(23)20-13-5-2-11(3-6-13)15(21)22/h1,4,9,11,13H,2-3,5-8H2,(H,21,22)(H2,19,20,23). The first-order chi connectivity index (χ1) is 11.0. The number of carboxylic acid groups (broad SMARTS) is 1. The largest absolute Gasteiger partial charge is 0.481 e. The van der Waals surface area contributed by atoms with Crippen molar-refractivity contribution >= 4 is 35.2 Å². The van der Waals surface area contributed by atoms with Crippen molar-refractivity contribution < 1.29 is 14.7 Å². The second-order valence-corrected chi connectivity index (χ2v) is 6.62. The fourth-order valence-corrected chi connectivity index (χ4v) is 3.26. The van der Waals surface area contributed by atoms with Crippen LogP contribution in [0.1, 0.15) is 31.2 Å². The van der Waals surface area contributed by atoms with Crippen molar-refractivity contribution in [2.24, 2.45) is 5.92 Å². The van der Waals surface area contributed by atoms with Gasteiger partial charge in [0.05, 0.1) is 5.92 Å². The van der Waals surface area contributed by atoms with Gasteiger partial charge in [-0.1, -0.05) is 29.3 Å². The smallest absolute Gasteiger partial charge is 0.315 e. The minimum atomic E-state index is -0.743. The molecule has 1 aromatic carbocycles. The average Bonchev–Trinajstić information content (AvgIpc) is 2.50. The van der Waals surface area contributed by atoms with E-state index in [4.69, 9.17) is 28.3 Å². The number of hydrogen-bond acceptors (Lipinski definition) is 2. The number of hydrogen-bond donors (Lipinski definition) is 3. The Morgan fingerprint density at radius 2 is 1.87 bits per heavy atom. The van der Waals surface area contributed by atoms with Crippen LogP contribution < -0.4 is 10.6 Å². The van der Waals surface area contributed by atoms with Gasteiger partial charge in [0, 0.05) is 22.6 Å². The number of nitrogens with one attached hydrogen (secondary N) is 2. The molecule has 2 rings (SSSR count). The second kappa shape index (κ2) is 8.41. The lowest BCUT2D eigenvalue weighted by atomic mass is 9.86. The highest BCUT2D eigenvalue weighted by atomic mass is 35.5. The topological polar surface area (TPSA) is 78.4 Å². The Morgan fingerprint density at radius 1 is 1.17 bits per heavy atom. The van der Waals surface area contributed by atoms with Gasteiger partial charge < -0.3 is 15.7 Å². The molecule has 0 radical (unpaired) electrons. The monoisotopic (exact) mass is 358 g/mol. The summed E-state index contributed by atoms with van der Waals surface area (Å²) in [5.41, 5.74) is 0.929. The van der Waals surface area contributed by atoms with Crippen molar-refractivity contribution in [1.29, 1.82) is 0 Å². The van der Waals surface area contributed by atoms with Crippen LogP contribution in [0.15, 0.2) is 18.2 Å². The number of carbonyl (C=O) groups excluding carboxylic acids is 1. The molecular formula is C16H20Cl2N2O3. The van der Waals surface area contributed by atoms with Crippen LogP contribution in [-0.4, -0.2) is 29.7 Å². The third-order valence-corrected chi connectivity index (χ3v) is 4.69. The molecule has 0 aliphatic heterocycles. The minimum absolute atomic E-state index is 0.0460. The molecule has 2 amide bonds. The summed E-state index contributed by atoms with van der Waals surface area (Å²) in [6, 6.07) is 5.11. The van der Waals surface area contributed by atoms with E-state index in [1.54, 1.807) is 12.1 Å². The number of amides is 2. The molecule has 1 fully saturated rings. The summed E-state index contributed by atoms with van der Waals surface area (Å²) < 4.78 is 0. The molecule has 0 atom stereocenters. The third kappa shape index (κ3) is 5.59. The van der Waals surface area contributed by atoms with Gasteiger partial charge in [0.15, 0.2) is 0 Å². The molecule has 1 aliphatic rings. The van der Waals surface area contributed by atoms with Gasteiger partial charge in [-0.2, -0.15) is 0 Å². The molecule has 126 valence electrons. The van der Waals surface area contributed by atoms with Gasteiger partial charge in [0.1, 0.15) is 0 Å². The van der Waals surface area contributed by atoms with Crippen LogP contribution in [0, 0.1) is 5.92 Å². The normalized spacial score (nSPS) is 20.8. The summed E-state index contributed by atoms with van der Waals surface area (Å²) in [5, 5.41) is 15.8. The van der Waals surface area contributed by atoms with E-state index in [0.717, 1.165) is 5.56 Å². The van der Waals surface area contributed by atoms with Crippen molar-refractivity contribution in [3.05, 3.63) is 33.8 Å². The summed E-state index contributed by atoms with van der Waals surface area (Å²) >= 11 is 11.9. The van der Waals surface area contributed by atoms with E-state index in [2.05, 4.69) is 10.6 Å². The summed E-state index contributed by atoms with van der Waals surface area (Å²) in [4.78, 5) is 22.8. The average molecular weight is 359 g/mol. The van der Waals surface area contributed by atoms with Crippen molar-refractivity contribution in [3.63, 3.8) is 0 Å². The van der Waals surface area contributed by atoms with Gasteiger partial charge in [0.2, 0.25) is 0 Å². The van der Waals surface area contributed by atoms with E-state index in [9.17, 15) is 9.59 Å². The summed E-state index contributed by atoms with van der Waals surface area (Å²) in [5.74, 6) is -1.02. The fraction of sp³-hybridized carbons (Fsp3) is 0.500. The quantitative estimate of drug-likeness (QED) is 0.753. The summed E-state index contributed by atoms with van der Waals surface area (Å²) in [6.45, 7) is 0.470. The molecule has 5 nitrogen and oxygen atoms in total. The molecule has 0 bridgehead atoms. The minimum Gasteiger partial charge on any atom is -0.481 e. The molecule has 0 heterocycles. The zero-order valence-corrected chi connectivity index (χ0v) is 14.2. The summed E-state index contributed by atoms with van der Waals surface area (Å²) in [7, 11) is 0. The Balaban J connectivity index is 1.68. The lowest BCUT2D eigenvalue weighted by Gasteiger charge is -2.26. The summed E-state index contributed by atoms with van der Waals surface area (Å²) in [6.07, 6.45) is 3.25. The maximum atomic E-state index is 11.9. The van der Waals surface area contributed by atoms with E-state index < -0.39 is 5.97 Å². The molecule has 0 spiro atoms. The van der Waals surface area contributed by atoms with Crippen LogP contribution in [-0.2, 0) is 11.2 Å². The van der Waals surface area contributed by atoms with Crippen molar-refractivity contribution in [2.45, 2.75) is 38.1 Å². The Kier molecular flexibility index (Phi) is 6.54. The third-order valence-electron chi connectivity index (χ3n) is 4.11. The van der Waals surface area contributed by atoms with Crippen molar-refractivity contribution in [2.75, 3.05) is 6.54 Å². The molecule has 7 heteroatoms. The van der Waals surface area contributed by atoms with Gasteiger partial charge >= 0.3 is 12.0 Å². The van der Waals surface area contributed by atoms with E-state index in [-0.39, 0.29) is 18.0 Å². The Bertz CT molecular complexity index is 572. The number of benzene rings is 1. The molecule has 1 saturated carbocycles. The second-order valence-electron chi connectivity index (χ2n) is 5.77. The fourth-order valence-electron chi connectivity index (χ4n) is 2.76. The van der Waals surface area contributed by atoms with Crippen LogP contribution in [0.3, 0.4) is 0 Å². The molecular weight excluding hydrogens is 339 g/mol. The highest BCUT2D eigenvalue weighted by Crippen LogP contribution is 2.24. The molecule has 1 aliphatic carbocycles. The predicted molar refractivity (Wildman–Crippen MR) is 90.1 cm³/mol. The molecule has 23 heavy (non-hydrogen) atoms. The van der Waals surface area contributed by atoms with Crippen LogP contribution in [0.4, 0.5) is 4.79 Å². The lowest BCUT2D eigenvalue weighted by Crippen LogP contribution is -2.44. The molecule has 1 aromatic rings. The Labute approximate surface area is 145 Å². The number of rotatable bonds is 5. The van der Waals surface area contributed by atoms with E-state index in [0.29, 0.717) is 48.7 Å². The number of carbonyl (C=O) groups is 2. The zero-order chi connectivity index (χ0) is 16.8. The van der Waals surface area contributed by atoms with Crippen LogP contribution in [0.2, 0.25) is 10.0 Å². The van der Waals surface area contributed by atoms with Crippen LogP contribution in [0.5, 0.6) is 0 Å². The Morgan fingerprint density at radius 3 is 2.48 bits per heavy atom. The number of aliphatic carboxylic acids is 1. The molecule has 0 unspecified atom stereocenters. The molecule has 3 N–H and O–H groups in total. The highest BCUT2D eigenvalue weighted by Gasteiger charge is 2.26. The maximum absolute atomic E-state index is 11.9. The Hall–Kier alpha value is -1.46. The van der Waals surface area contributed by atoms with E-state index >= 15 is 0 Å². The van der Waals surface area contributed by atoms with E-state index in [1.165, 1.54) is 0 Å². The van der Waals surface area contributed by atoms with Crippen LogP contribution in [0.25, 0.3) is 0 Å². The first kappa shape index (κ1) is 17.9. The van der Waals surface area contributed by atoms with Crippen molar-refractivity contribution in [1.82, 2.24) is 10.6 Å². The van der Waals surface area contributed by atoms with Crippen molar-refractivity contribution in [3.8, 4) is 0 Å². The van der Waals surface area contributed by atoms with Gasteiger partial charge in [-0.25, -0.2) is 4.79 Å². The molecule has 0 aromatic heterocycles. The van der Waals surface area contributed by atoms with Crippen LogP contribution >= 0.6 is 23.2 Å². The molecule has 0 saturated heterocycles. The highest BCUT2D eigenvalue weighted by molar-refractivity contribution is 6.35. The van der Waals surface area contributed by atoms with Gasteiger partial charge in [-0.05, 0) is 49.8 Å². The van der Waals surface area contributed by atoms with E-state index in [1.807, 2.05) is 6.07 Å². The number of carboxylic acids is 1. The van der Waals surface area contributed by atoms with Gasteiger partial charge in [0.25, 0.3) is 0 Å². The lowest BCUT2D eigenvalue weighted by molar-refractivity contribution is -0.142. The zero-order valence-electron chi connectivity index (χ0n) is 12.6. The SMILES string of the molecule is O=C(NCCc1ccc(Cl)cc1Cl)NC1CCC(C(=O)O)CC1. The number of halogens is 2. The number of urea groups is 1. The van der Waals surface area contributed by atoms with Gasteiger partial charge in [-0.15, -0.1) is 0 Å². The predicted octanol–water partition coefficient (Wildman–Crippen LogP) is 3.48.